The number of esters is 3. The van der Waals surface area contributed by atoms with E-state index in [9.17, 15) is 28.8 Å². The number of fused-ring (bicyclic) bond motifs is 2. The smallest absolute Gasteiger partial charge is 0.335 e. The fraction of sp³-hybridized carbons (Fsp3) is 0.324. The molecule has 0 fully saturated rings. The molecule has 83 heavy (non-hydrogen) atoms. The van der Waals surface area contributed by atoms with Gasteiger partial charge in [-0.1, -0.05) is 100 Å². The minimum Gasteiger partial charge on any atom is -0.494 e. The predicted octanol–water partition coefficient (Wildman–Crippen LogP) is 15.1. The standard InChI is InChI=1S/C24H28O5.C23H26O5.C21H24O5/c1-2-24(27)29-16-8-6-4-3-5-7-15-28-22-13-12-20-17-19(10-14-23(25)26)9-11-21(20)18-22;1-17(2)23(26)28-16-6-4-3-5-15-27-21-13-11-19(12-14-21)18-7-9-20(10-8-18)22(24)25;1-15(2)21(24)26-12-6-4-3-5-11-25-19-10-9-16-13-18(20(22)23)8-7-17(16)14-19/h2,9-14,17-18H,1,3-8,15-16H2,(H,25,26);7-14H,1,3-6,15-16H2,2H3,(H,24,25);7-10,13-14H,1,3-6,11-12H2,2H3,(H,22,23)/b14-10+;;. The van der Waals surface area contributed by atoms with Crippen molar-refractivity contribution < 1.29 is 72.5 Å². The maximum Gasteiger partial charge on any atom is 0.335 e. The number of carboxylic acids is 3. The lowest BCUT2D eigenvalue weighted by molar-refractivity contribution is -0.139. The van der Waals surface area contributed by atoms with Gasteiger partial charge in [-0.05, 0) is 189 Å². The molecule has 0 unspecified atom stereocenters. The number of ether oxygens (including phenoxy) is 6. The van der Waals surface area contributed by atoms with E-state index in [0.717, 1.165) is 151 Å². The number of carboxylic acid groups (broad SMARTS) is 3. The SMILES string of the molecule is C=C(C)C(=O)OCCCCCCOc1ccc(-c2ccc(C(=O)O)cc2)cc1.C=C(C)C(=O)OCCCCCCOc1ccc2cc(C(=O)O)ccc2c1.C=CC(=O)OCCCCCCCCOc1ccc2cc(/C=C/C(=O)O)ccc2c1. The van der Waals surface area contributed by atoms with Gasteiger partial charge in [0.15, 0.2) is 0 Å². The van der Waals surface area contributed by atoms with Crippen LogP contribution >= 0.6 is 0 Å². The van der Waals surface area contributed by atoms with Crippen molar-refractivity contribution >= 4 is 63.4 Å². The normalized spacial score (nSPS) is 10.6. The molecule has 0 aromatic heterocycles. The zero-order chi connectivity index (χ0) is 60.2. The highest BCUT2D eigenvalue weighted by molar-refractivity contribution is 5.95. The van der Waals surface area contributed by atoms with E-state index in [2.05, 4.69) is 19.7 Å². The quantitative estimate of drug-likeness (QED) is 0.0148. The van der Waals surface area contributed by atoms with Crippen molar-refractivity contribution in [2.45, 2.75) is 104 Å². The summed E-state index contributed by atoms with van der Waals surface area (Å²) in [6, 6.07) is 37.0. The fourth-order valence-electron chi connectivity index (χ4n) is 8.00. The Morgan fingerprint density at radius 1 is 0.410 bits per heavy atom. The van der Waals surface area contributed by atoms with E-state index >= 15 is 0 Å². The van der Waals surface area contributed by atoms with Gasteiger partial charge in [-0.3, -0.25) is 0 Å². The van der Waals surface area contributed by atoms with Crippen LogP contribution in [0.4, 0.5) is 0 Å². The molecule has 6 aromatic carbocycles. The summed E-state index contributed by atoms with van der Waals surface area (Å²) in [7, 11) is 0. The average Bonchev–Trinajstić information content (AvgIpc) is 3.49. The highest BCUT2D eigenvalue weighted by Crippen LogP contribution is 2.26. The largest absolute Gasteiger partial charge is 0.494 e. The van der Waals surface area contributed by atoms with E-state index in [1.165, 1.54) is 6.08 Å². The lowest BCUT2D eigenvalue weighted by atomic mass is 10.0. The molecular formula is C68H78O15. The monoisotopic (exact) mass is 1130 g/mol. The Kier molecular flexibility index (Phi) is 30.3. The van der Waals surface area contributed by atoms with Crippen molar-refractivity contribution in [3.63, 3.8) is 0 Å². The van der Waals surface area contributed by atoms with Crippen molar-refractivity contribution in [1.82, 2.24) is 0 Å². The molecular weight excluding hydrogens is 1060 g/mol. The molecule has 0 atom stereocenters. The summed E-state index contributed by atoms with van der Waals surface area (Å²) in [5.41, 5.74) is 4.23. The van der Waals surface area contributed by atoms with Crippen LogP contribution in [0.5, 0.6) is 17.2 Å². The van der Waals surface area contributed by atoms with Gasteiger partial charge in [0.25, 0.3) is 0 Å². The molecule has 0 aliphatic heterocycles. The predicted molar refractivity (Wildman–Crippen MR) is 324 cm³/mol. The van der Waals surface area contributed by atoms with Crippen LogP contribution in [0.3, 0.4) is 0 Å². The van der Waals surface area contributed by atoms with E-state index in [4.69, 9.17) is 43.7 Å². The Morgan fingerprint density at radius 3 is 1.22 bits per heavy atom. The molecule has 0 bridgehead atoms. The molecule has 440 valence electrons. The fourth-order valence-corrected chi connectivity index (χ4v) is 8.00. The Balaban J connectivity index is 0.000000268. The molecule has 0 spiro atoms. The average molecular weight is 1140 g/mol. The van der Waals surface area contributed by atoms with Gasteiger partial charge < -0.3 is 43.7 Å². The summed E-state index contributed by atoms with van der Waals surface area (Å²) in [4.78, 5) is 65.8. The molecule has 0 aliphatic carbocycles. The zero-order valence-corrected chi connectivity index (χ0v) is 47.8. The Bertz CT molecular complexity index is 3100. The number of hydrogen-bond acceptors (Lipinski definition) is 12. The van der Waals surface area contributed by atoms with Crippen molar-refractivity contribution in [3.05, 3.63) is 181 Å². The minimum absolute atomic E-state index is 0.276. The molecule has 0 aliphatic rings. The summed E-state index contributed by atoms with van der Waals surface area (Å²) in [5.74, 6) is -1.41. The summed E-state index contributed by atoms with van der Waals surface area (Å²) in [6.45, 7) is 17.0. The second-order valence-electron chi connectivity index (χ2n) is 19.6. The third kappa shape index (κ3) is 26.9. The van der Waals surface area contributed by atoms with Crippen LogP contribution in [0.25, 0.3) is 38.7 Å². The molecule has 15 nitrogen and oxygen atoms in total. The van der Waals surface area contributed by atoms with Crippen LogP contribution in [0.15, 0.2) is 164 Å². The third-order valence-corrected chi connectivity index (χ3v) is 12.6. The van der Waals surface area contributed by atoms with Gasteiger partial charge in [-0.2, -0.15) is 0 Å². The van der Waals surface area contributed by atoms with Crippen LogP contribution in [-0.4, -0.2) is 90.8 Å². The summed E-state index contributed by atoms with van der Waals surface area (Å²) < 4.78 is 32.4. The number of unbranched alkanes of at least 4 members (excludes halogenated alkanes) is 11. The van der Waals surface area contributed by atoms with E-state index < -0.39 is 17.9 Å². The maximum atomic E-state index is 11.2. The highest BCUT2D eigenvalue weighted by atomic mass is 16.5. The van der Waals surface area contributed by atoms with Crippen LogP contribution in [0, 0.1) is 0 Å². The van der Waals surface area contributed by atoms with Crippen molar-refractivity contribution in [2.24, 2.45) is 0 Å². The molecule has 0 heterocycles. The maximum absolute atomic E-state index is 11.2. The van der Waals surface area contributed by atoms with Crippen molar-refractivity contribution in [2.75, 3.05) is 39.6 Å². The topological polar surface area (TPSA) is 218 Å². The van der Waals surface area contributed by atoms with Gasteiger partial charge in [-0.25, -0.2) is 28.8 Å². The first-order chi connectivity index (χ1) is 40.0. The first kappa shape index (κ1) is 66.5. The number of aliphatic carboxylic acids is 1. The van der Waals surface area contributed by atoms with Crippen molar-refractivity contribution in [3.8, 4) is 28.4 Å². The van der Waals surface area contributed by atoms with E-state index in [1.54, 1.807) is 62.4 Å². The Labute approximate surface area is 486 Å². The number of carbonyl (C=O) groups is 6. The molecule has 15 heteroatoms. The van der Waals surface area contributed by atoms with Crippen LogP contribution in [0.1, 0.15) is 130 Å². The van der Waals surface area contributed by atoms with Gasteiger partial charge in [0.2, 0.25) is 0 Å². The first-order valence-corrected chi connectivity index (χ1v) is 28.0. The van der Waals surface area contributed by atoms with Gasteiger partial charge in [0.05, 0.1) is 50.8 Å². The number of rotatable bonds is 34. The summed E-state index contributed by atoms with van der Waals surface area (Å²) in [6.07, 6.45) is 17.7. The van der Waals surface area contributed by atoms with Gasteiger partial charge in [0, 0.05) is 23.3 Å². The number of hydrogen-bond donors (Lipinski definition) is 3. The van der Waals surface area contributed by atoms with E-state index in [0.29, 0.717) is 50.8 Å². The van der Waals surface area contributed by atoms with Gasteiger partial charge in [-0.15, -0.1) is 0 Å². The Hall–Kier alpha value is -8.98. The van der Waals surface area contributed by atoms with Crippen LogP contribution < -0.4 is 14.2 Å². The molecule has 6 rings (SSSR count). The summed E-state index contributed by atoms with van der Waals surface area (Å²) in [5, 5.41) is 30.6. The molecule has 3 N–H and O–H groups in total. The lowest BCUT2D eigenvalue weighted by Gasteiger charge is -2.08. The zero-order valence-electron chi connectivity index (χ0n) is 47.8. The second-order valence-corrected chi connectivity index (χ2v) is 19.6. The number of carbonyl (C=O) groups excluding carboxylic acids is 3. The third-order valence-electron chi connectivity index (χ3n) is 12.6. The van der Waals surface area contributed by atoms with Crippen molar-refractivity contribution in [1.29, 1.82) is 0 Å². The van der Waals surface area contributed by atoms with Gasteiger partial charge in [0.1, 0.15) is 17.2 Å². The molecule has 6 aromatic rings. The minimum atomic E-state index is -0.956. The van der Waals surface area contributed by atoms with E-state index in [1.807, 2.05) is 78.9 Å². The van der Waals surface area contributed by atoms with E-state index in [-0.39, 0.29) is 29.0 Å². The first-order valence-electron chi connectivity index (χ1n) is 28.0. The van der Waals surface area contributed by atoms with Crippen LogP contribution in [0.2, 0.25) is 0 Å². The van der Waals surface area contributed by atoms with Gasteiger partial charge >= 0.3 is 35.8 Å². The van der Waals surface area contributed by atoms with Crippen LogP contribution in [-0.2, 0) is 33.4 Å². The Morgan fingerprint density at radius 2 is 0.771 bits per heavy atom. The molecule has 0 radical (unpaired) electrons. The molecule has 0 saturated heterocycles. The summed E-state index contributed by atoms with van der Waals surface area (Å²) >= 11 is 0. The highest BCUT2D eigenvalue weighted by Gasteiger charge is 2.08. The second kappa shape index (κ2) is 37.9. The molecule has 0 amide bonds. The number of benzene rings is 6. The molecule has 0 saturated carbocycles. The lowest BCUT2D eigenvalue weighted by Crippen LogP contribution is -2.06. The number of aromatic carboxylic acids is 2.